The van der Waals surface area contributed by atoms with Crippen LogP contribution < -0.4 is 11.3 Å². The number of nitrogen functional groups attached to an aromatic ring is 1. The molecule has 0 spiro atoms. The van der Waals surface area contributed by atoms with Crippen molar-refractivity contribution in [1.29, 1.82) is 0 Å². The van der Waals surface area contributed by atoms with Crippen molar-refractivity contribution in [3.8, 4) is 0 Å². The monoisotopic (exact) mass is 374 g/mol. The normalized spacial score (nSPS) is 10.2. The number of nitrogens with one attached hydrogen (secondary N) is 1. The predicted octanol–water partition coefficient (Wildman–Crippen LogP) is 5.20. The van der Waals surface area contributed by atoms with Gasteiger partial charge >= 0.3 is 6.18 Å². The summed E-state index contributed by atoms with van der Waals surface area (Å²) < 4.78 is 46.5. The fourth-order valence-electron chi connectivity index (χ4n) is 1.61. The Morgan fingerprint density at radius 1 is 1.17 bits per heavy atom. The number of halogens is 4. The first-order chi connectivity index (χ1) is 10.3. The van der Waals surface area contributed by atoms with Crippen molar-refractivity contribution in [2.75, 3.05) is 25.5 Å². The van der Waals surface area contributed by atoms with Gasteiger partial charge in [0.05, 0.1) is 5.56 Å². The highest BCUT2D eigenvalue weighted by Gasteiger charge is 2.30. The molecular formula is C16H30ClF3N2O2. The summed E-state index contributed by atoms with van der Waals surface area (Å²) in [4.78, 5) is 0. The minimum Gasteiger partial charge on any atom is -0.356 e. The summed E-state index contributed by atoms with van der Waals surface area (Å²) in [6.07, 6.45) is -2.59. The third-order valence-corrected chi connectivity index (χ3v) is 2.94. The van der Waals surface area contributed by atoms with Gasteiger partial charge in [-0.1, -0.05) is 14.9 Å². The smallest absolute Gasteiger partial charge is 0.356 e. The van der Waals surface area contributed by atoms with Crippen molar-refractivity contribution < 1.29 is 22.6 Å². The SMILES string of the molecule is C.C.COC(CCCCl)OC.Cc1cc(NN)cc(C(F)(F)F)c1. The molecule has 24 heavy (non-hydrogen) atoms. The number of hydrogen-bond donors (Lipinski definition) is 2. The van der Waals surface area contributed by atoms with Crippen LogP contribution in [0.1, 0.15) is 38.8 Å². The van der Waals surface area contributed by atoms with Crippen molar-refractivity contribution in [3.05, 3.63) is 29.3 Å². The molecule has 0 amide bonds. The summed E-state index contributed by atoms with van der Waals surface area (Å²) >= 11 is 5.45. The van der Waals surface area contributed by atoms with Gasteiger partial charge in [-0.05, 0) is 43.5 Å². The highest BCUT2D eigenvalue weighted by molar-refractivity contribution is 6.17. The fraction of sp³-hybridized carbons (Fsp3) is 0.625. The van der Waals surface area contributed by atoms with E-state index in [0.717, 1.165) is 25.0 Å². The van der Waals surface area contributed by atoms with Crippen molar-refractivity contribution in [3.63, 3.8) is 0 Å². The Labute approximate surface area is 148 Å². The van der Waals surface area contributed by atoms with E-state index in [1.807, 2.05) is 0 Å². The average Bonchev–Trinajstić information content (AvgIpc) is 2.47. The Morgan fingerprint density at radius 3 is 2.08 bits per heavy atom. The summed E-state index contributed by atoms with van der Waals surface area (Å²) in [7, 11) is 3.25. The number of aryl methyl sites for hydroxylation is 1. The maximum atomic E-state index is 12.2. The summed E-state index contributed by atoms with van der Waals surface area (Å²) in [5.74, 6) is 5.68. The maximum Gasteiger partial charge on any atom is 0.416 e. The molecule has 0 bridgehead atoms. The zero-order valence-corrected chi connectivity index (χ0v) is 13.6. The molecule has 4 nitrogen and oxygen atoms in total. The Morgan fingerprint density at radius 2 is 1.71 bits per heavy atom. The lowest BCUT2D eigenvalue weighted by atomic mass is 10.1. The summed E-state index contributed by atoms with van der Waals surface area (Å²) in [6, 6.07) is 3.57. The molecule has 144 valence electrons. The van der Waals surface area contributed by atoms with E-state index in [1.165, 1.54) is 6.07 Å². The van der Waals surface area contributed by atoms with Gasteiger partial charge in [-0.25, -0.2) is 0 Å². The van der Waals surface area contributed by atoms with E-state index in [-0.39, 0.29) is 26.8 Å². The average molecular weight is 375 g/mol. The molecule has 0 aromatic heterocycles. The van der Waals surface area contributed by atoms with E-state index in [9.17, 15) is 13.2 Å². The molecule has 0 heterocycles. The van der Waals surface area contributed by atoms with E-state index < -0.39 is 11.7 Å². The van der Waals surface area contributed by atoms with Crippen LogP contribution in [0.15, 0.2) is 18.2 Å². The zero-order chi connectivity index (χ0) is 17.2. The van der Waals surface area contributed by atoms with E-state index in [1.54, 1.807) is 21.1 Å². The minimum atomic E-state index is -4.32. The first-order valence-corrected chi connectivity index (χ1v) is 7.09. The number of alkyl halides is 4. The van der Waals surface area contributed by atoms with E-state index in [2.05, 4.69) is 5.43 Å². The molecule has 3 N–H and O–H groups in total. The molecule has 0 aliphatic rings. The number of rotatable bonds is 6. The maximum absolute atomic E-state index is 12.2. The van der Waals surface area contributed by atoms with Crippen LogP contribution in [0.5, 0.6) is 0 Å². The molecule has 0 fully saturated rings. The van der Waals surface area contributed by atoms with Gasteiger partial charge in [0.1, 0.15) is 0 Å². The second-order valence-electron chi connectivity index (χ2n) is 4.46. The van der Waals surface area contributed by atoms with Crippen LogP contribution in [-0.4, -0.2) is 26.4 Å². The van der Waals surface area contributed by atoms with Crippen LogP contribution in [-0.2, 0) is 15.7 Å². The first-order valence-electron chi connectivity index (χ1n) is 6.55. The molecule has 0 atom stereocenters. The molecule has 1 rings (SSSR count). The third-order valence-electron chi connectivity index (χ3n) is 2.67. The van der Waals surface area contributed by atoms with Gasteiger partial charge in [0, 0.05) is 25.8 Å². The van der Waals surface area contributed by atoms with E-state index >= 15 is 0 Å². The lowest BCUT2D eigenvalue weighted by Gasteiger charge is -2.11. The molecule has 0 unspecified atom stereocenters. The number of hydrazine groups is 1. The molecular weight excluding hydrogens is 345 g/mol. The summed E-state index contributed by atoms with van der Waals surface area (Å²) in [5.41, 5.74) is 2.26. The Balaban J connectivity index is -0.000000360. The number of nitrogens with two attached hydrogens (primary N) is 1. The topological polar surface area (TPSA) is 56.5 Å². The highest BCUT2D eigenvalue weighted by atomic mass is 35.5. The standard InChI is InChI=1S/C8H9F3N2.C6H13ClO2.2CH4/c1-5-2-6(8(9,10)11)4-7(3-5)13-12;1-8-6(9-2)4-3-5-7;;/h2-4,13H,12H2,1H3;6H,3-5H2,1-2H3;2*1H4. The third kappa shape index (κ3) is 11.5. The van der Waals surface area contributed by atoms with Crippen LogP contribution in [0.2, 0.25) is 0 Å². The minimum absolute atomic E-state index is 0. The molecule has 1 aromatic carbocycles. The molecule has 0 radical (unpaired) electrons. The predicted molar refractivity (Wildman–Crippen MR) is 95.2 cm³/mol. The largest absolute Gasteiger partial charge is 0.416 e. The number of benzene rings is 1. The van der Waals surface area contributed by atoms with E-state index in [0.29, 0.717) is 11.4 Å². The van der Waals surface area contributed by atoms with E-state index in [4.69, 9.17) is 26.9 Å². The molecule has 1 aromatic rings. The van der Waals surface area contributed by atoms with Gasteiger partial charge in [-0.15, -0.1) is 11.6 Å². The molecule has 0 saturated carbocycles. The van der Waals surface area contributed by atoms with Crippen molar-refractivity contribution in [2.24, 2.45) is 5.84 Å². The quantitative estimate of drug-likeness (QED) is 0.311. The van der Waals surface area contributed by atoms with Crippen LogP contribution in [0.4, 0.5) is 18.9 Å². The van der Waals surface area contributed by atoms with Crippen LogP contribution in [0.25, 0.3) is 0 Å². The lowest BCUT2D eigenvalue weighted by Crippen LogP contribution is -2.12. The molecule has 8 heteroatoms. The lowest BCUT2D eigenvalue weighted by molar-refractivity contribution is -0.137. The Kier molecular flexibility index (Phi) is 16.6. The van der Waals surface area contributed by atoms with Gasteiger partial charge in [0.25, 0.3) is 0 Å². The summed E-state index contributed by atoms with van der Waals surface area (Å²) in [5, 5.41) is 0. The number of hydrogen-bond acceptors (Lipinski definition) is 4. The summed E-state index contributed by atoms with van der Waals surface area (Å²) in [6.45, 7) is 1.58. The number of ether oxygens (including phenoxy) is 2. The van der Waals surface area contributed by atoms with Crippen LogP contribution in [0.3, 0.4) is 0 Å². The zero-order valence-electron chi connectivity index (χ0n) is 12.8. The second kappa shape index (κ2) is 14.3. The Bertz CT molecular complexity index is 428. The van der Waals surface area contributed by atoms with Crippen molar-refractivity contribution in [1.82, 2.24) is 0 Å². The molecule has 0 aliphatic carbocycles. The van der Waals surface area contributed by atoms with Crippen LogP contribution in [0, 0.1) is 6.92 Å². The van der Waals surface area contributed by atoms with Gasteiger partial charge in [-0.2, -0.15) is 13.2 Å². The highest BCUT2D eigenvalue weighted by Crippen LogP contribution is 2.31. The van der Waals surface area contributed by atoms with Crippen LogP contribution >= 0.6 is 11.6 Å². The molecule has 0 saturated heterocycles. The fourth-order valence-corrected chi connectivity index (χ4v) is 1.76. The number of anilines is 1. The number of methoxy groups -OCH3 is 2. The molecule has 0 aliphatic heterocycles. The second-order valence-corrected chi connectivity index (χ2v) is 4.84. The van der Waals surface area contributed by atoms with Crippen molar-refractivity contribution in [2.45, 2.75) is 47.1 Å². The van der Waals surface area contributed by atoms with Gasteiger partial charge in [-0.3, -0.25) is 5.84 Å². The van der Waals surface area contributed by atoms with Gasteiger partial charge < -0.3 is 14.9 Å². The van der Waals surface area contributed by atoms with Crippen molar-refractivity contribution >= 4 is 17.3 Å². The van der Waals surface area contributed by atoms with Gasteiger partial charge in [0.2, 0.25) is 0 Å². The van der Waals surface area contributed by atoms with Gasteiger partial charge in [0.15, 0.2) is 6.29 Å². The Hall–Kier alpha value is -1.02. The first kappa shape index (κ1) is 27.8.